The van der Waals surface area contributed by atoms with E-state index in [1.54, 1.807) is 0 Å². The Labute approximate surface area is 78.0 Å². The molecule has 0 saturated heterocycles. The van der Waals surface area contributed by atoms with E-state index in [1.165, 1.54) is 0 Å². The van der Waals surface area contributed by atoms with Gasteiger partial charge in [-0.1, -0.05) is 20.4 Å². The van der Waals surface area contributed by atoms with Crippen LogP contribution in [0.5, 0.6) is 0 Å². The van der Waals surface area contributed by atoms with E-state index in [-0.39, 0.29) is 10.3 Å². The van der Waals surface area contributed by atoms with Crippen LogP contribution in [0.25, 0.3) is 0 Å². The van der Waals surface area contributed by atoms with E-state index < -0.39 is 5.54 Å². The zero-order chi connectivity index (χ0) is 9.85. The van der Waals surface area contributed by atoms with Gasteiger partial charge < -0.3 is 0 Å². The summed E-state index contributed by atoms with van der Waals surface area (Å²) in [5.74, 6) is 0.477. The molecule has 2 unspecified atom stereocenters. The fourth-order valence-corrected chi connectivity index (χ4v) is 3.04. The Bertz CT molecular complexity index is 295. The lowest BCUT2D eigenvalue weighted by molar-refractivity contribution is -0.555. The fraction of sp³-hybridized carbons (Fsp3) is 0.800. The van der Waals surface area contributed by atoms with Gasteiger partial charge in [-0.3, -0.25) is 10.1 Å². The lowest BCUT2D eigenvalue weighted by Crippen LogP contribution is -2.39. The molecule has 2 aliphatic rings. The van der Waals surface area contributed by atoms with Crippen LogP contribution in [0.15, 0.2) is 12.2 Å². The molecule has 2 fully saturated rings. The van der Waals surface area contributed by atoms with Crippen molar-refractivity contribution in [2.75, 3.05) is 0 Å². The van der Waals surface area contributed by atoms with Gasteiger partial charge in [0.05, 0.1) is 0 Å². The minimum atomic E-state index is -0.770. The quantitative estimate of drug-likeness (QED) is 0.354. The smallest absolute Gasteiger partial charge is 0.243 e. The second-order valence-electron chi connectivity index (χ2n) is 4.93. The van der Waals surface area contributed by atoms with Crippen molar-refractivity contribution in [3.8, 4) is 0 Å². The second kappa shape index (κ2) is 2.14. The molecule has 3 heteroatoms. The third kappa shape index (κ3) is 0.798. The van der Waals surface area contributed by atoms with Crippen LogP contribution in [-0.4, -0.2) is 10.5 Å². The molecule has 0 spiro atoms. The van der Waals surface area contributed by atoms with E-state index in [4.69, 9.17) is 0 Å². The lowest BCUT2D eigenvalue weighted by Gasteiger charge is -2.32. The molecular weight excluding hydrogens is 166 g/mol. The molecule has 0 heterocycles. The summed E-state index contributed by atoms with van der Waals surface area (Å²) < 4.78 is 0. The van der Waals surface area contributed by atoms with Crippen LogP contribution in [0.4, 0.5) is 0 Å². The molecule has 2 atom stereocenters. The molecule has 72 valence electrons. The standard InChI is InChI=1S/C10H15NO2/c1-7-9(2,3)8-4-5-10(7,6-8)11(12)13/h8H,1,4-6H2,2-3H3. The van der Waals surface area contributed by atoms with Gasteiger partial charge in [0.15, 0.2) is 0 Å². The van der Waals surface area contributed by atoms with Gasteiger partial charge in [0.2, 0.25) is 5.54 Å². The SMILES string of the molecule is C=C1C(C)(C)C2CCC1([N+](=O)[O-])C2. The first kappa shape index (κ1) is 8.73. The average Bonchev–Trinajstić information content (AvgIpc) is 2.53. The van der Waals surface area contributed by atoms with Crippen LogP contribution in [0.1, 0.15) is 33.1 Å². The number of nitro groups is 1. The Balaban J connectivity index is 2.46. The molecule has 0 aliphatic heterocycles. The van der Waals surface area contributed by atoms with Gasteiger partial charge in [-0.25, -0.2) is 0 Å². The lowest BCUT2D eigenvalue weighted by atomic mass is 9.72. The summed E-state index contributed by atoms with van der Waals surface area (Å²) in [6.07, 6.45) is 2.41. The predicted molar refractivity (Wildman–Crippen MR) is 50.0 cm³/mol. The molecule has 13 heavy (non-hydrogen) atoms. The zero-order valence-electron chi connectivity index (χ0n) is 8.17. The highest BCUT2D eigenvalue weighted by molar-refractivity contribution is 5.31. The van der Waals surface area contributed by atoms with Crippen LogP contribution < -0.4 is 0 Å². The Morgan fingerprint density at radius 1 is 1.62 bits per heavy atom. The highest BCUT2D eigenvalue weighted by Gasteiger charge is 2.65. The van der Waals surface area contributed by atoms with Gasteiger partial charge in [0.25, 0.3) is 0 Å². The van der Waals surface area contributed by atoms with Crippen LogP contribution >= 0.6 is 0 Å². The van der Waals surface area contributed by atoms with Gasteiger partial charge in [0.1, 0.15) is 0 Å². The summed E-state index contributed by atoms with van der Waals surface area (Å²) in [5, 5.41) is 11.0. The molecule has 3 nitrogen and oxygen atoms in total. The maximum absolute atomic E-state index is 11.0. The van der Waals surface area contributed by atoms with Crippen LogP contribution in [-0.2, 0) is 0 Å². The van der Waals surface area contributed by atoms with E-state index in [0.717, 1.165) is 12.0 Å². The van der Waals surface area contributed by atoms with E-state index in [9.17, 15) is 10.1 Å². The first-order chi connectivity index (χ1) is 5.91. The van der Waals surface area contributed by atoms with Crippen molar-refractivity contribution in [3.05, 3.63) is 22.3 Å². The summed E-state index contributed by atoms with van der Waals surface area (Å²) >= 11 is 0. The van der Waals surface area contributed by atoms with Crippen molar-refractivity contribution in [1.82, 2.24) is 0 Å². The molecule has 0 aromatic carbocycles. The summed E-state index contributed by atoms with van der Waals surface area (Å²) in [7, 11) is 0. The minimum Gasteiger partial charge on any atom is -0.264 e. The highest BCUT2D eigenvalue weighted by Crippen LogP contribution is 2.61. The third-order valence-corrected chi connectivity index (χ3v) is 4.20. The number of hydrogen-bond acceptors (Lipinski definition) is 2. The van der Waals surface area contributed by atoms with Crippen molar-refractivity contribution in [2.24, 2.45) is 11.3 Å². The molecule has 2 aliphatic carbocycles. The number of rotatable bonds is 1. The molecule has 0 N–H and O–H groups in total. The van der Waals surface area contributed by atoms with Crippen molar-refractivity contribution in [1.29, 1.82) is 0 Å². The maximum Gasteiger partial charge on any atom is 0.243 e. The molecule has 2 rings (SSSR count). The molecule has 2 saturated carbocycles. The summed E-state index contributed by atoms with van der Waals surface area (Å²) in [6, 6.07) is 0. The molecule has 0 amide bonds. The van der Waals surface area contributed by atoms with E-state index in [0.29, 0.717) is 18.8 Å². The number of hydrogen-bond donors (Lipinski definition) is 0. The predicted octanol–water partition coefficient (Wildman–Crippen LogP) is 2.40. The minimum absolute atomic E-state index is 0.0225. The van der Waals surface area contributed by atoms with E-state index >= 15 is 0 Å². The molecule has 0 aromatic heterocycles. The zero-order valence-corrected chi connectivity index (χ0v) is 8.17. The Hall–Kier alpha value is -0.860. The number of fused-ring (bicyclic) bond motifs is 2. The monoisotopic (exact) mass is 181 g/mol. The fourth-order valence-electron chi connectivity index (χ4n) is 3.04. The molecule has 2 bridgehead atoms. The molecular formula is C10H15NO2. The summed E-state index contributed by atoms with van der Waals surface area (Å²) in [6.45, 7) is 8.12. The molecule has 0 aromatic rings. The average molecular weight is 181 g/mol. The first-order valence-corrected chi connectivity index (χ1v) is 4.75. The van der Waals surface area contributed by atoms with Gasteiger partial charge in [-0.05, 0) is 17.8 Å². The largest absolute Gasteiger partial charge is 0.264 e. The Morgan fingerprint density at radius 2 is 2.23 bits per heavy atom. The Morgan fingerprint density at radius 3 is 2.54 bits per heavy atom. The van der Waals surface area contributed by atoms with Gasteiger partial charge in [-0.15, -0.1) is 0 Å². The summed E-state index contributed by atoms with van der Waals surface area (Å²) in [5.41, 5.74) is 0.0562. The van der Waals surface area contributed by atoms with Crippen molar-refractivity contribution >= 4 is 0 Å². The number of nitrogens with zero attached hydrogens (tertiary/aromatic N) is 1. The molecule has 0 radical (unpaired) electrons. The topological polar surface area (TPSA) is 43.1 Å². The van der Waals surface area contributed by atoms with Crippen LogP contribution in [0, 0.1) is 21.4 Å². The van der Waals surface area contributed by atoms with Crippen LogP contribution in [0.2, 0.25) is 0 Å². The highest BCUT2D eigenvalue weighted by atomic mass is 16.6. The first-order valence-electron chi connectivity index (χ1n) is 4.75. The third-order valence-electron chi connectivity index (χ3n) is 4.20. The van der Waals surface area contributed by atoms with E-state index in [2.05, 4.69) is 20.4 Å². The van der Waals surface area contributed by atoms with Crippen LogP contribution in [0.3, 0.4) is 0 Å². The van der Waals surface area contributed by atoms with Gasteiger partial charge >= 0.3 is 0 Å². The van der Waals surface area contributed by atoms with Crippen molar-refractivity contribution in [2.45, 2.75) is 38.6 Å². The van der Waals surface area contributed by atoms with E-state index in [1.807, 2.05) is 0 Å². The van der Waals surface area contributed by atoms with Crippen molar-refractivity contribution in [3.63, 3.8) is 0 Å². The second-order valence-corrected chi connectivity index (χ2v) is 4.93. The van der Waals surface area contributed by atoms with Crippen molar-refractivity contribution < 1.29 is 4.92 Å². The normalized spacial score (nSPS) is 41.1. The maximum atomic E-state index is 11.0. The Kier molecular flexibility index (Phi) is 1.44. The van der Waals surface area contributed by atoms with Gasteiger partial charge in [-0.2, -0.15) is 0 Å². The summed E-state index contributed by atoms with van der Waals surface area (Å²) in [4.78, 5) is 10.9. The van der Waals surface area contributed by atoms with Gasteiger partial charge in [0, 0.05) is 23.3 Å².